The Labute approximate surface area is 126 Å². The fourth-order valence-corrected chi connectivity index (χ4v) is 3.88. The van der Waals surface area contributed by atoms with Gasteiger partial charge in [-0.3, -0.25) is 5.10 Å². The summed E-state index contributed by atoms with van der Waals surface area (Å²) in [4.78, 5) is 0. The number of rotatable bonds is 5. The summed E-state index contributed by atoms with van der Waals surface area (Å²) in [5.74, 6) is 2.33. The first-order chi connectivity index (χ1) is 9.45. The number of hydrogen-bond donors (Lipinski definition) is 3. The Morgan fingerprint density at radius 3 is 2.85 bits per heavy atom. The molecule has 114 valence electrons. The van der Waals surface area contributed by atoms with Gasteiger partial charge in [0.05, 0.1) is 5.69 Å². The standard InChI is InChI=1S/C15H27N3OS/c1-14(2,3)13-9-12(17-18-13)10-16-15(6-7-19)5-4-8-20-11-15/h9,16,19H,4-8,10-11H2,1-3H3,(H,17,18). The van der Waals surface area contributed by atoms with Crippen molar-refractivity contribution in [2.24, 2.45) is 0 Å². The number of aliphatic hydroxyl groups excluding tert-OH is 1. The predicted octanol–water partition coefficient (Wildman–Crippen LogP) is 2.45. The first-order valence-electron chi connectivity index (χ1n) is 7.44. The van der Waals surface area contributed by atoms with Crippen LogP contribution in [0.15, 0.2) is 6.07 Å². The summed E-state index contributed by atoms with van der Waals surface area (Å²) >= 11 is 1.99. The highest BCUT2D eigenvalue weighted by Crippen LogP contribution is 2.30. The molecule has 5 heteroatoms. The van der Waals surface area contributed by atoms with E-state index in [1.807, 2.05) is 11.8 Å². The minimum atomic E-state index is 0.0816. The average Bonchev–Trinajstić information content (AvgIpc) is 2.87. The third kappa shape index (κ3) is 3.99. The second-order valence-electron chi connectivity index (χ2n) is 6.79. The molecule has 0 aliphatic carbocycles. The molecule has 20 heavy (non-hydrogen) atoms. The molecule has 0 saturated carbocycles. The molecule has 1 aromatic rings. The van der Waals surface area contributed by atoms with Crippen LogP contribution >= 0.6 is 11.8 Å². The lowest BCUT2D eigenvalue weighted by atomic mass is 9.91. The van der Waals surface area contributed by atoms with Crippen molar-refractivity contribution in [1.29, 1.82) is 0 Å². The molecule has 1 saturated heterocycles. The number of nitrogens with zero attached hydrogens (tertiary/aromatic N) is 1. The van der Waals surface area contributed by atoms with E-state index >= 15 is 0 Å². The topological polar surface area (TPSA) is 60.9 Å². The summed E-state index contributed by atoms with van der Waals surface area (Å²) in [5.41, 5.74) is 2.40. The van der Waals surface area contributed by atoms with Gasteiger partial charge in [0, 0.05) is 35.6 Å². The Balaban J connectivity index is 1.97. The second kappa shape index (κ2) is 6.50. The number of aromatic amines is 1. The summed E-state index contributed by atoms with van der Waals surface area (Å²) in [5, 5.41) is 20.5. The first-order valence-corrected chi connectivity index (χ1v) is 8.59. The molecule has 2 rings (SSSR count). The number of nitrogens with one attached hydrogen (secondary N) is 2. The fraction of sp³-hybridized carbons (Fsp3) is 0.800. The van der Waals surface area contributed by atoms with Crippen LogP contribution in [-0.2, 0) is 12.0 Å². The van der Waals surface area contributed by atoms with Gasteiger partial charge in [0.2, 0.25) is 0 Å². The van der Waals surface area contributed by atoms with E-state index in [2.05, 4.69) is 42.4 Å². The van der Waals surface area contributed by atoms with Crippen molar-refractivity contribution < 1.29 is 5.11 Å². The van der Waals surface area contributed by atoms with Crippen molar-refractivity contribution in [2.45, 2.75) is 57.5 Å². The molecule has 0 aromatic carbocycles. The lowest BCUT2D eigenvalue weighted by Gasteiger charge is -2.37. The number of H-pyrrole nitrogens is 1. The molecular weight excluding hydrogens is 270 g/mol. The van der Waals surface area contributed by atoms with Gasteiger partial charge in [-0.05, 0) is 31.1 Å². The maximum atomic E-state index is 9.32. The van der Waals surface area contributed by atoms with Crippen LogP contribution in [0, 0.1) is 0 Å². The van der Waals surface area contributed by atoms with Gasteiger partial charge in [-0.1, -0.05) is 20.8 Å². The summed E-state index contributed by atoms with van der Waals surface area (Å²) in [7, 11) is 0. The van der Waals surface area contributed by atoms with E-state index in [0.717, 1.165) is 36.5 Å². The molecule has 0 bridgehead atoms. The Hall–Kier alpha value is -0.520. The zero-order valence-electron chi connectivity index (χ0n) is 12.8. The lowest BCUT2D eigenvalue weighted by molar-refractivity contribution is 0.210. The van der Waals surface area contributed by atoms with Gasteiger partial charge in [-0.15, -0.1) is 0 Å². The number of thioether (sulfide) groups is 1. The Kier molecular flexibility index (Phi) is 5.15. The van der Waals surface area contributed by atoms with Gasteiger partial charge in [0.15, 0.2) is 0 Å². The molecule has 1 unspecified atom stereocenters. The minimum Gasteiger partial charge on any atom is -0.396 e. The second-order valence-corrected chi connectivity index (χ2v) is 7.90. The third-order valence-corrected chi connectivity index (χ3v) is 5.30. The summed E-state index contributed by atoms with van der Waals surface area (Å²) in [6, 6.07) is 2.15. The maximum Gasteiger partial charge on any atom is 0.0678 e. The molecule has 1 aromatic heterocycles. The molecule has 4 nitrogen and oxygen atoms in total. The Bertz CT molecular complexity index is 413. The number of aliphatic hydroxyl groups is 1. The van der Waals surface area contributed by atoms with Gasteiger partial charge < -0.3 is 10.4 Å². The van der Waals surface area contributed by atoms with E-state index < -0.39 is 0 Å². The van der Waals surface area contributed by atoms with Crippen LogP contribution in [-0.4, -0.2) is 39.0 Å². The summed E-state index contributed by atoms with van der Waals surface area (Å²) < 4.78 is 0. The third-order valence-electron chi connectivity index (χ3n) is 3.97. The molecule has 1 aliphatic rings. The highest BCUT2D eigenvalue weighted by atomic mass is 32.2. The predicted molar refractivity (Wildman–Crippen MR) is 85.1 cm³/mol. The molecular formula is C15H27N3OS. The van der Waals surface area contributed by atoms with Crippen molar-refractivity contribution in [3.05, 3.63) is 17.5 Å². The lowest BCUT2D eigenvalue weighted by Crippen LogP contribution is -2.49. The molecule has 0 radical (unpaired) electrons. The van der Waals surface area contributed by atoms with Crippen molar-refractivity contribution in [2.75, 3.05) is 18.1 Å². The van der Waals surface area contributed by atoms with Crippen LogP contribution in [0.25, 0.3) is 0 Å². The van der Waals surface area contributed by atoms with E-state index in [0.29, 0.717) is 0 Å². The van der Waals surface area contributed by atoms with E-state index in [9.17, 15) is 5.11 Å². The molecule has 1 fully saturated rings. The van der Waals surface area contributed by atoms with E-state index in [4.69, 9.17) is 0 Å². The molecule has 0 spiro atoms. The average molecular weight is 297 g/mol. The Morgan fingerprint density at radius 2 is 2.30 bits per heavy atom. The number of hydrogen-bond acceptors (Lipinski definition) is 4. The van der Waals surface area contributed by atoms with Gasteiger partial charge >= 0.3 is 0 Å². The van der Waals surface area contributed by atoms with E-state index in [1.165, 1.54) is 12.2 Å². The molecule has 1 aliphatic heterocycles. The SMILES string of the molecule is CC(C)(C)c1cc(CNC2(CCO)CCCSC2)[nH]n1. The van der Waals surface area contributed by atoms with Crippen LogP contribution in [0.3, 0.4) is 0 Å². The van der Waals surface area contributed by atoms with Gasteiger partial charge in [-0.25, -0.2) is 0 Å². The van der Waals surface area contributed by atoms with Crippen LogP contribution < -0.4 is 5.32 Å². The first kappa shape index (κ1) is 15.9. The smallest absolute Gasteiger partial charge is 0.0678 e. The maximum absolute atomic E-state index is 9.32. The van der Waals surface area contributed by atoms with Gasteiger partial charge in [0.25, 0.3) is 0 Å². The van der Waals surface area contributed by atoms with Crippen molar-refractivity contribution in [1.82, 2.24) is 15.5 Å². The molecule has 3 N–H and O–H groups in total. The van der Waals surface area contributed by atoms with Crippen molar-refractivity contribution in [3.8, 4) is 0 Å². The van der Waals surface area contributed by atoms with Gasteiger partial charge in [-0.2, -0.15) is 16.9 Å². The Morgan fingerprint density at radius 1 is 1.50 bits per heavy atom. The number of aromatic nitrogens is 2. The molecule has 1 atom stereocenters. The molecule has 0 amide bonds. The highest BCUT2D eigenvalue weighted by Gasteiger charge is 2.31. The zero-order valence-corrected chi connectivity index (χ0v) is 13.6. The summed E-state index contributed by atoms with van der Waals surface area (Å²) in [6.45, 7) is 7.57. The van der Waals surface area contributed by atoms with Crippen molar-refractivity contribution in [3.63, 3.8) is 0 Å². The normalized spacial score (nSPS) is 24.0. The van der Waals surface area contributed by atoms with Crippen LogP contribution in [0.1, 0.15) is 51.4 Å². The van der Waals surface area contributed by atoms with E-state index in [-0.39, 0.29) is 17.6 Å². The van der Waals surface area contributed by atoms with E-state index in [1.54, 1.807) is 0 Å². The van der Waals surface area contributed by atoms with Crippen LogP contribution in [0.2, 0.25) is 0 Å². The highest BCUT2D eigenvalue weighted by molar-refractivity contribution is 7.99. The summed E-state index contributed by atoms with van der Waals surface area (Å²) in [6.07, 6.45) is 3.22. The van der Waals surface area contributed by atoms with Crippen LogP contribution in [0.4, 0.5) is 0 Å². The quantitative estimate of drug-likeness (QED) is 0.781. The van der Waals surface area contributed by atoms with Crippen LogP contribution in [0.5, 0.6) is 0 Å². The largest absolute Gasteiger partial charge is 0.396 e. The molecule has 2 heterocycles. The van der Waals surface area contributed by atoms with Gasteiger partial charge in [0.1, 0.15) is 0 Å². The fourth-order valence-electron chi connectivity index (χ4n) is 2.61. The minimum absolute atomic E-state index is 0.0816. The monoisotopic (exact) mass is 297 g/mol. The van der Waals surface area contributed by atoms with Crippen molar-refractivity contribution >= 4 is 11.8 Å². The zero-order chi connectivity index (χ0) is 14.6.